The van der Waals surface area contributed by atoms with Gasteiger partial charge in [0.25, 0.3) is 0 Å². The molecule has 0 atom stereocenters. The normalized spacial score (nSPS) is 14.2. The molecule has 0 radical (unpaired) electrons. The molecule has 3 heterocycles. The van der Waals surface area contributed by atoms with Crippen LogP contribution < -0.4 is 16.4 Å². The number of nitrogens with zero attached hydrogens (tertiary/aromatic N) is 4. The third-order valence-corrected chi connectivity index (χ3v) is 8.09. The highest BCUT2D eigenvalue weighted by molar-refractivity contribution is 7.92. The number of carbonyl (C=O) groups is 1. The van der Waals surface area contributed by atoms with Crippen LogP contribution in [0.25, 0.3) is 11.4 Å². The summed E-state index contributed by atoms with van der Waals surface area (Å²) in [4.78, 5) is 29.1. The van der Waals surface area contributed by atoms with Crippen LogP contribution in [0.5, 0.6) is 0 Å². The number of nitrogens with one attached hydrogen (secondary N) is 2. The van der Waals surface area contributed by atoms with E-state index >= 15 is 0 Å². The molecule has 0 spiro atoms. The minimum Gasteiger partial charge on any atom is -0.384 e. The molecule has 5 rings (SSSR count). The third-order valence-electron chi connectivity index (χ3n) is 5.65. The van der Waals surface area contributed by atoms with E-state index in [9.17, 15) is 13.2 Å². The first-order valence-corrected chi connectivity index (χ1v) is 12.3. The van der Waals surface area contributed by atoms with Crippen LogP contribution in [0, 0.1) is 0 Å². The highest BCUT2D eigenvalue weighted by Gasteiger charge is 2.58. The fraction of sp³-hybridized carbons (Fsp3) is 0.125. The zero-order valence-corrected chi connectivity index (χ0v) is 19.2. The third kappa shape index (κ3) is 4.41. The van der Waals surface area contributed by atoms with Crippen molar-refractivity contribution in [2.45, 2.75) is 22.6 Å². The summed E-state index contributed by atoms with van der Waals surface area (Å²) in [5.74, 6) is 0.897. The lowest BCUT2D eigenvalue weighted by atomic mass is 10.1. The molecule has 176 valence electrons. The van der Waals surface area contributed by atoms with Gasteiger partial charge in [-0.05, 0) is 61.4 Å². The van der Waals surface area contributed by atoms with Crippen molar-refractivity contribution in [3.63, 3.8) is 0 Å². The monoisotopic (exact) mass is 487 g/mol. The van der Waals surface area contributed by atoms with Gasteiger partial charge in [0.1, 0.15) is 16.4 Å². The Morgan fingerprint density at radius 2 is 1.60 bits per heavy atom. The summed E-state index contributed by atoms with van der Waals surface area (Å²) >= 11 is 0. The van der Waals surface area contributed by atoms with Gasteiger partial charge in [0, 0.05) is 29.7 Å². The topological polar surface area (TPSA) is 153 Å². The molecular formula is C24H21N7O3S. The summed E-state index contributed by atoms with van der Waals surface area (Å²) in [7, 11) is -3.76. The number of sulfone groups is 1. The van der Waals surface area contributed by atoms with Crippen molar-refractivity contribution in [2.24, 2.45) is 0 Å². The highest BCUT2D eigenvalue weighted by atomic mass is 32.2. The first-order valence-electron chi connectivity index (χ1n) is 10.8. The van der Waals surface area contributed by atoms with E-state index in [2.05, 4.69) is 30.6 Å². The van der Waals surface area contributed by atoms with Crippen LogP contribution in [-0.2, 0) is 14.6 Å². The maximum Gasteiger partial charge on any atom is 0.324 e. The van der Waals surface area contributed by atoms with Gasteiger partial charge in [-0.25, -0.2) is 33.1 Å². The number of pyridine rings is 2. The second-order valence-corrected chi connectivity index (χ2v) is 10.2. The van der Waals surface area contributed by atoms with Crippen molar-refractivity contribution in [3.05, 3.63) is 84.8 Å². The lowest BCUT2D eigenvalue weighted by Crippen LogP contribution is -2.24. The number of hydrogen-bond acceptors (Lipinski definition) is 8. The van der Waals surface area contributed by atoms with E-state index in [-0.39, 0.29) is 10.8 Å². The van der Waals surface area contributed by atoms with Gasteiger partial charge in [0.05, 0.1) is 5.69 Å². The lowest BCUT2D eigenvalue weighted by molar-refractivity contribution is 0.262. The average Bonchev–Trinajstić information content (AvgIpc) is 3.68. The molecule has 0 aliphatic heterocycles. The molecule has 2 amide bonds. The van der Waals surface area contributed by atoms with Crippen molar-refractivity contribution in [3.8, 4) is 11.4 Å². The fourth-order valence-corrected chi connectivity index (χ4v) is 5.61. The first-order chi connectivity index (χ1) is 16.9. The Bertz CT molecular complexity index is 1480. The number of hydrogen-bond donors (Lipinski definition) is 3. The van der Waals surface area contributed by atoms with Crippen molar-refractivity contribution in [2.75, 3.05) is 16.4 Å². The summed E-state index contributed by atoms with van der Waals surface area (Å²) in [6.45, 7) is 0. The van der Waals surface area contributed by atoms with Crippen LogP contribution in [0.1, 0.15) is 18.5 Å². The van der Waals surface area contributed by atoms with Crippen LogP contribution in [0.2, 0.25) is 0 Å². The molecular weight excluding hydrogens is 466 g/mol. The SMILES string of the molecule is Nc1cc(C2(S(=O)(=O)c3ccccn3)CC2)nc(-c2ccc(NC(=O)Nc3ccccn3)cc2)n1. The van der Waals surface area contributed by atoms with Gasteiger partial charge >= 0.3 is 6.03 Å². The molecule has 1 saturated carbocycles. The molecule has 0 bridgehead atoms. The van der Waals surface area contributed by atoms with Crippen LogP contribution >= 0.6 is 0 Å². The Morgan fingerprint density at radius 1 is 0.886 bits per heavy atom. The van der Waals surface area contributed by atoms with Gasteiger partial charge in [-0.1, -0.05) is 12.1 Å². The van der Waals surface area contributed by atoms with E-state index in [4.69, 9.17) is 5.73 Å². The van der Waals surface area contributed by atoms with Crippen molar-refractivity contribution in [1.29, 1.82) is 0 Å². The first kappa shape index (κ1) is 22.4. The van der Waals surface area contributed by atoms with Crippen molar-refractivity contribution in [1.82, 2.24) is 19.9 Å². The largest absolute Gasteiger partial charge is 0.384 e. The van der Waals surface area contributed by atoms with Crippen LogP contribution in [0.15, 0.2) is 84.1 Å². The van der Waals surface area contributed by atoms with Crippen molar-refractivity contribution < 1.29 is 13.2 Å². The molecule has 1 aliphatic carbocycles. The van der Waals surface area contributed by atoms with Gasteiger partial charge < -0.3 is 11.1 Å². The number of nitrogen functional groups attached to an aromatic ring is 1. The molecule has 4 N–H and O–H groups in total. The maximum absolute atomic E-state index is 13.3. The zero-order chi connectivity index (χ0) is 24.5. The predicted molar refractivity (Wildman–Crippen MR) is 131 cm³/mol. The van der Waals surface area contributed by atoms with Crippen LogP contribution in [0.3, 0.4) is 0 Å². The van der Waals surface area contributed by atoms with E-state index < -0.39 is 20.6 Å². The van der Waals surface area contributed by atoms with E-state index in [1.54, 1.807) is 60.8 Å². The predicted octanol–water partition coefficient (Wildman–Crippen LogP) is 3.62. The molecule has 11 heteroatoms. The molecule has 3 aromatic heterocycles. The van der Waals surface area contributed by atoms with Crippen LogP contribution in [-0.4, -0.2) is 34.4 Å². The van der Waals surface area contributed by atoms with Gasteiger partial charge in [-0.2, -0.15) is 0 Å². The smallest absolute Gasteiger partial charge is 0.324 e. The Morgan fingerprint density at radius 3 is 2.23 bits per heavy atom. The lowest BCUT2D eigenvalue weighted by Gasteiger charge is -2.16. The van der Waals surface area contributed by atoms with Crippen LogP contribution in [0.4, 0.5) is 22.1 Å². The van der Waals surface area contributed by atoms with E-state index in [1.165, 1.54) is 18.3 Å². The number of rotatable bonds is 6. The quantitative estimate of drug-likeness (QED) is 0.373. The van der Waals surface area contributed by atoms with Crippen molar-refractivity contribution >= 4 is 33.2 Å². The molecule has 1 fully saturated rings. The number of urea groups is 1. The molecule has 0 unspecified atom stereocenters. The summed E-state index contributed by atoms with van der Waals surface area (Å²) in [6.07, 6.45) is 3.89. The number of benzene rings is 1. The second-order valence-electron chi connectivity index (χ2n) is 8.04. The maximum atomic E-state index is 13.3. The van der Waals surface area contributed by atoms with E-state index in [0.717, 1.165) is 0 Å². The number of nitrogens with two attached hydrogens (primary N) is 1. The Balaban J connectivity index is 1.38. The average molecular weight is 488 g/mol. The zero-order valence-electron chi connectivity index (χ0n) is 18.4. The molecule has 10 nitrogen and oxygen atoms in total. The number of amides is 2. The Hall–Kier alpha value is -4.38. The standard InChI is InChI=1S/C24H21N7O3S/c25-19-15-18(24(11-12-24)35(33,34)21-6-2-4-14-27-21)29-22(30-19)16-7-9-17(10-8-16)28-23(32)31-20-5-1-3-13-26-20/h1-10,13-15H,11-12H2,(H2,25,29,30)(H2,26,28,31,32). The minimum absolute atomic E-state index is 0.00985. The van der Waals surface area contributed by atoms with Gasteiger partial charge in [0.15, 0.2) is 10.9 Å². The Kier molecular flexibility index (Phi) is 5.61. The highest BCUT2D eigenvalue weighted by Crippen LogP contribution is 2.54. The van der Waals surface area contributed by atoms with Gasteiger partial charge in [-0.3, -0.25) is 5.32 Å². The Labute approximate surface area is 201 Å². The fourth-order valence-electron chi connectivity index (χ4n) is 3.73. The number of aromatic nitrogens is 4. The summed E-state index contributed by atoms with van der Waals surface area (Å²) in [6, 6.07) is 17.9. The summed E-state index contributed by atoms with van der Waals surface area (Å²) in [5, 5.41) is 5.37. The van der Waals surface area contributed by atoms with Gasteiger partial charge in [0.2, 0.25) is 9.84 Å². The number of anilines is 3. The van der Waals surface area contributed by atoms with Gasteiger partial charge in [-0.15, -0.1) is 0 Å². The second kappa shape index (κ2) is 8.76. The van der Waals surface area contributed by atoms with E-state index in [0.29, 0.717) is 41.4 Å². The van der Waals surface area contributed by atoms with E-state index in [1.807, 2.05) is 0 Å². The minimum atomic E-state index is -3.76. The molecule has 35 heavy (non-hydrogen) atoms. The molecule has 4 aromatic rings. The molecule has 0 saturated heterocycles. The summed E-state index contributed by atoms with van der Waals surface area (Å²) in [5.41, 5.74) is 7.56. The molecule has 1 aromatic carbocycles. The summed E-state index contributed by atoms with van der Waals surface area (Å²) < 4.78 is 25.5. The molecule has 1 aliphatic rings. The number of carbonyl (C=O) groups excluding carboxylic acids is 1.